The van der Waals surface area contributed by atoms with Crippen molar-refractivity contribution in [1.29, 1.82) is 0 Å². The number of nitrogens with one attached hydrogen (secondary N) is 1. The highest BCUT2D eigenvalue weighted by Crippen LogP contribution is 2.21. The van der Waals surface area contributed by atoms with Gasteiger partial charge >= 0.3 is 0 Å². The first-order chi connectivity index (χ1) is 12.2. The molecule has 1 aromatic carbocycles. The Balaban J connectivity index is 1.76. The zero-order valence-corrected chi connectivity index (χ0v) is 14.1. The average Bonchev–Trinajstić information content (AvgIpc) is 3.07. The van der Waals surface area contributed by atoms with Crippen LogP contribution in [0, 0.1) is 6.92 Å². The Labute approximate surface area is 145 Å². The largest absolute Gasteiger partial charge is 0.340 e. The van der Waals surface area contributed by atoms with Gasteiger partial charge in [0.2, 0.25) is 0 Å². The van der Waals surface area contributed by atoms with Crippen LogP contribution in [0.5, 0.6) is 0 Å². The molecule has 0 spiro atoms. The monoisotopic (exact) mass is 330 g/mol. The average molecular weight is 330 g/mol. The second-order valence-corrected chi connectivity index (χ2v) is 5.85. The zero-order chi connectivity index (χ0) is 17.2. The van der Waals surface area contributed by atoms with Gasteiger partial charge in [0.15, 0.2) is 5.82 Å². The van der Waals surface area contributed by atoms with Gasteiger partial charge in [-0.25, -0.2) is 4.98 Å². The van der Waals surface area contributed by atoms with Crippen LogP contribution >= 0.6 is 0 Å². The Bertz CT molecular complexity index is 1010. The molecule has 0 saturated heterocycles. The molecule has 0 fully saturated rings. The molecule has 0 saturated carbocycles. The van der Waals surface area contributed by atoms with Crippen LogP contribution in [0.1, 0.15) is 18.2 Å². The van der Waals surface area contributed by atoms with E-state index in [2.05, 4.69) is 56.6 Å². The van der Waals surface area contributed by atoms with E-state index in [1.807, 2.05) is 25.1 Å². The molecule has 25 heavy (non-hydrogen) atoms. The van der Waals surface area contributed by atoms with E-state index in [0.29, 0.717) is 11.6 Å². The molecular formula is C19H18N6. The summed E-state index contributed by atoms with van der Waals surface area (Å²) in [6.07, 6.45) is 4.50. The summed E-state index contributed by atoms with van der Waals surface area (Å²) in [5.74, 6) is 2.00. The maximum atomic E-state index is 4.59. The standard InChI is InChI=1S/C19H18N6/c1-3-14-6-8-16(9-7-14)22-17-11-13(2)21-19-23-18(24-25(17)19)15-5-4-10-20-12-15/h4-12,22H,3H2,1-2H3. The molecule has 6 nitrogen and oxygen atoms in total. The Kier molecular flexibility index (Phi) is 3.85. The summed E-state index contributed by atoms with van der Waals surface area (Å²) < 4.78 is 1.73. The topological polar surface area (TPSA) is 68.0 Å². The fourth-order valence-corrected chi connectivity index (χ4v) is 2.66. The van der Waals surface area contributed by atoms with Crippen molar-refractivity contribution < 1.29 is 0 Å². The molecule has 0 unspecified atom stereocenters. The Morgan fingerprint density at radius 2 is 1.92 bits per heavy atom. The number of benzene rings is 1. The summed E-state index contributed by atoms with van der Waals surface area (Å²) in [5, 5.41) is 8.00. The number of nitrogens with zero attached hydrogens (tertiary/aromatic N) is 5. The van der Waals surface area contributed by atoms with Crippen molar-refractivity contribution in [3.8, 4) is 11.4 Å². The van der Waals surface area contributed by atoms with Crippen molar-refractivity contribution in [1.82, 2.24) is 24.6 Å². The van der Waals surface area contributed by atoms with Gasteiger partial charge in [-0.15, -0.1) is 5.10 Å². The predicted molar refractivity (Wildman–Crippen MR) is 97.9 cm³/mol. The van der Waals surface area contributed by atoms with Gasteiger partial charge in [-0.2, -0.15) is 9.50 Å². The SMILES string of the molecule is CCc1ccc(Nc2cc(C)nc3nc(-c4cccnc4)nn23)cc1. The van der Waals surface area contributed by atoms with Crippen LogP contribution in [0.2, 0.25) is 0 Å². The smallest absolute Gasteiger partial charge is 0.254 e. The lowest BCUT2D eigenvalue weighted by atomic mass is 10.1. The number of rotatable bonds is 4. The summed E-state index contributed by atoms with van der Waals surface area (Å²) in [6.45, 7) is 4.09. The highest BCUT2D eigenvalue weighted by molar-refractivity contribution is 5.61. The van der Waals surface area contributed by atoms with Crippen LogP contribution in [-0.4, -0.2) is 24.6 Å². The van der Waals surface area contributed by atoms with Crippen LogP contribution < -0.4 is 5.32 Å². The summed E-state index contributed by atoms with van der Waals surface area (Å²) in [5.41, 5.74) is 4.05. The molecule has 6 heteroatoms. The maximum Gasteiger partial charge on any atom is 0.254 e. The van der Waals surface area contributed by atoms with Gasteiger partial charge in [-0.1, -0.05) is 19.1 Å². The van der Waals surface area contributed by atoms with Crippen LogP contribution in [0.3, 0.4) is 0 Å². The van der Waals surface area contributed by atoms with Crippen LogP contribution in [0.25, 0.3) is 17.2 Å². The molecule has 0 aliphatic heterocycles. The molecule has 0 amide bonds. The minimum Gasteiger partial charge on any atom is -0.340 e. The molecular weight excluding hydrogens is 312 g/mol. The van der Waals surface area contributed by atoms with E-state index in [9.17, 15) is 0 Å². The van der Waals surface area contributed by atoms with Crippen molar-refractivity contribution in [3.05, 3.63) is 66.1 Å². The normalized spacial score (nSPS) is 11.0. The Hall–Kier alpha value is -3.28. The van der Waals surface area contributed by atoms with Gasteiger partial charge < -0.3 is 5.32 Å². The quantitative estimate of drug-likeness (QED) is 0.616. The first-order valence-corrected chi connectivity index (χ1v) is 8.24. The van der Waals surface area contributed by atoms with E-state index < -0.39 is 0 Å². The summed E-state index contributed by atoms with van der Waals surface area (Å²) in [7, 11) is 0. The van der Waals surface area contributed by atoms with Gasteiger partial charge in [0.25, 0.3) is 5.78 Å². The molecule has 4 rings (SSSR count). The molecule has 0 aliphatic rings. The minimum atomic E-state index is 0.562. The van der Waals surface area contributed by atoms with E-state index in [1.54, 1.807) is 16.9 Å². The molecule has 0 bridgehead atoms. The lowest BCUT2D eigenvalue weighted by molar-refractivity contribution is 0.939. The number of fused-ring (bicyclic) bond motifs is 1. The second kappa shape index (κ2) is 6.32. The van der Waals surface area contributed by atoms with Gasteiger partial charge in [-0.05, 0) is 43.2 Å². The van der Waals surface area contributed by atoms with E-state index in [-0.39, 0.29) is 0 Å². The highest BCUT2D eigenvalue weighted by atomic mass is 15.4. The zero-order valence-electron chi connectivity index (χ0n) is 14.1. The fourth-order valence-electron chi connectivity index (χ4n) is 2.66. The van der Waals surface area contributed by atoms with Crippen LogP contribution in [0.15, 0.2) is 54.9 Å². The molecule has 0 radical (unpaired) electrons. The third-order valence-electron chi connectivity index (χ3n) is 3.99. The summed E-state index contributed by atoms with van der Waals surface area (Å²) >= 11 is 0. The fraction of sp³-hybridized carbons (Fsp3) is 0.158. The van der Waals surface area contributed by atoms with Crippen LogP contribution in [-0.2, 0) is 6.42 Å². The predicted octanol–water partition coefficient (Wildman–Crippen LogP) is 3.80. The third-order valence-corrected chi connectivity index (χ3v) is 3.99. The van der Waals surface area contributed by atoms with Crippen molar-refractivity contribution >= 4 is 17.3 Å². The molecule has 3 heterocycles. The second-order valence-electron chi connectivity index (χ2n) is 5.85. The van der Waals surface area contributed by atoms with Gasteiger partial charge in [0.05, 0.1) is 0 Å². The van der Waals surface area contributed by atoms with E-state index in [1.165, 1.54) is 5.56 Å². The molecule has 0 atom stereocenters. The number of anilines is 2. The van der Waals surface area contributed by atoms with Gasteiger partial charge in [0, 0.05) is 35.4 Å². The molecule has 3 aromatic heterocycles. The molecule has 1 N–H and O–H groups in total. The van der Waals surface area contributed by atoms with Crippen molar-refractivity contribution in [3.63, 3.8) is 0 Å². The van der Waals surface area contributed by atoms with E-state index >= 15 is 0 Å². The van der Waals surface area contributed by atoms with Gasteiger partial charge in [-0.3, -0.25) is 4.98 Å². The Morgan fingerprint density at radius 1 is 1.08 bits per heavy atom. The molecule has 4 aromatic rings. The first kappa shape index (κ1) is 15.3. The lowest BCUT2D eigenvalue weighted by Crippen LogP contribution is -2.02. The molecule has 124 valence electrons. The molecule has 0 aliphatic carbocycles. The number of aromatic nitrogens is 5. The number of hydrogen-bond donors (Lipinski definition) is 1. The van der Waals surface area contributed by atoms with Crippen molar-refractivity contribution in [2.24, 2.45) is 0 Å². The summed E-state index contributed by atoms with van der Waals surface area (Å²) in [6, 6.07) is 14.1. The third kappa shape index (κ3) is 3.06. The van der Waals surface area contributed by atoms with E-state index in [4.69, 9.17) is 0 Å². The van der Waals surface area contributed by atoms with Gasteiger partial charge in [0.1, 0.15) is 5.82 Å². The number of hydrogen-bond acceptors (Lipinski definition) is 5. The van der Waals surface area contributed by atoms with Crippen molar-refractivity contribution in [2.75, 3.05) is 5.32 Å². The number of pyridine rings is 1. The minimum absolute atomic E-state index is 0.562. The first-order valence-electron chi connectivity index (χ1n) is 8.24. The van der Waals surface area contributed by atoms with Crippen LogP contribution in [0.4, 0.5) is 11.5 Å². The highest BCUT2D eigenvalue weighted by Gasteiger charge is 2.11. The summed E-state index contributed by atoms with van der Waals surface area (Å²) in [4.78, 5) is 13.1. The number of aryl methyl sites for hydroxylation is 2. The maximum absolute atomic E-state index is 4.59. The van der Waals surface area contributed by atoms with E-state index in [0.717, 1.165) is 29.2 Å². The Morgan fingerprint density at radius 3 is 2.64 bits per heavy atom. The van der Waals surface area contributed by atoms with Crippen molar-refractivity contribution in [2.45, 2.75) is 20.3 Å². The lowest BCUT2D eigenvalue weighted by Gasteiger charge is -2.09.